The number of carbonyl (C=O) groups is 2. The lowest BCUT2D eigenvalue weighted by Crippen LogP contribution is -2.07. The van der Waals surface area contributed by atoms with Crippen molar-refractivity contribution in [3.8, 4) is 17.2 Å². The van der Waals surface area contributed by atoms with Gasteiger partial charge in [0.05, 0.1) is 18.8 Å². The van der Waals surface area contributed by atoms with Crippen LogP contribution < -0.4 is 25.7 Å². The minimum absolute atomic E-state index is 0.196. The molecule has 8 nitrogen and oxygen atoms in total. The van der Waals surface area contributed by atoms with Gasteiger partial charge in [0.2, 0.25) is 0 Å². The lowest BCUT2D eigenvalue weighted by molar-refractivity contribution is -0.128. The molecule has 0 heterocycles. The standard InChI is InChI=1S/C39H46N2O6/c1-2-3-9-22-46-33-19-15-30-25-34(20-16-29(30)24-33)47-38(42)21-14-28-12-17-32(18-13-28)45-23-10-7-5-4-6-8-11-35-36(39(43)44)26-31(40)27-37(35)41/h12-21,24-27H,2-11,22-23,40-41H2,1H3,(H,43,44)/b21-14+. The number of hydrogen-bond acceptors (Lipinski definition) is 7. The molecule has 4 rings (SSSR count). The van der Waals surface area contributed by atoms with Gasteiger partial charge in [-0.1, -0.05) is 69.7 Å². The van der Waals surface area contributed by atoms with Crippen LogP contribution >= 0.6 is 0 Å². The molecule has 0 aliphatic carbocycles. The van der Waals surface area contributed by atoms with Gasteiger partial charge in [-0.05, 0) is 102 Å². The molecule has 5 N–H and O–H groups in total. The molecule has 0 amide bonds. The van der Waals surface area contributed by atoms with Gasteiger partial charge < -0.3 is 30.8 Å². The summed E-state index contributed by atoms with van der Waals surface area (Å²) in [7, 11) is 0. The number of nitrogen functional groups attached to an aromatic ring is 2. The molecule has 0 aromatic heterocycles. The number of carboxylic acid groups (broad SMARTS) is 1. The first-order valence-corrected chi connectivity index (χ1v) is 16.5. The highest BCUT2D eigenvalue weighted by Gasteiger charge is 2.14. The van der Waals surface area contributed by atoms with Crippen LogP contribution in [0.2, 0.25) is 0 Å². The van der Waals surface area contributed by atoms with Crippen molar-refractivity contribution in [1.82, 2.24) is 0 Å². The van der Waals surface area contributed by atoms with E-state index >= 15 is 0 Å². The second-order valence-corrected chi connectivity index (χ2v) is 11.7. The Morgan fingerprint density at radius 2 is 1.30 bits per heavy atom. The van der Waals surface area contributed by atoms with Crippen molar-refractivity contribution in [2.45, 2.75) is 71.1 Å². The second kappa shape index (κ2) is 18.2. The van der Waals surface area contributed by atoms with Gasteiger partial charge in [0.1, 0.15) is 17.2 Å². The monoisotopic (exact) mass is 638 g/mol. The SMILES string of the molecule is CCCCCOc1ccc2cc(OC(=O)/C=C/c3ccc(OCCCCCCCCc4c(N)cc(N)cc4C(=O)O)cc3)ccc2c1. The molecule has 0 fully saturated rings. The zero-order valence-electron chi connectivity index (χ0n) is 27.2. The molecule has 4 aromatic carbocycles. The topological polar surface area (TPSA) is 134 Å². The highest BCUT2D eigenvalue weighted by Crippen LogP contribution is 2.26. The number of unbranched alkanes of at least 4 members (excludes halogenated alkanes) is 7. The van der Waals surface area contributed by atoms with E-state index < -0.39 is 11.9 Å². The van der Waals surface area contributed by atoms with Crippen molar-refractivity contribution in [2.75, 3.05) is 24.7 Å². The number of nitrogens with two attached hydrogens (primary N) is 2. The highest BCUT2D eigenvalue weighted by atomic mass is 16.5. The van der Waals surface area contributed by atoms with E-state index in [1.54, 1.807) is 18.2 Å². The van der Waals surface area contributed by atoms with Crippen molar-refractivity contribution in [3.63, 3.8) is 0 Å². The van der Waals surface area contributed by atoms with Crippen LogP contribution in [0.5, 0.6) is 17.2 Å². The lowest BCUT2D eigenvalue weighted by Gasteiger charge is -2.11. The molecular weight excluding hydrogens is 592 g/mol. The first kappa shape index (κ1) is 34.9. The van der Waals surface area contributed by atoms with Gasteiger partial charge in [0.25, 0.3) is 0 Å². The smallest absolute Gasteiger partial charge is 0.336 e. The molecule has 8 heteroatoms. The number of fused-ring (bicyclic) bond motifs is 1. The van der Waals surface area contributed by atoms with Crippen LogP contribution in [0.15, 0.2) is 78.9 Å². The molecule has 0 spiro atoms. The molecule has 0 aliphatic rings. The maximum Gasteiger partial charge on any atom is 0.336 e. The summed E-state index contributed by atoms with van der Waals surface area (Å²) in [6, 6.07) is 22.2. The fourth-order valence-electron chi connectivity index (χ4n) is 5.38. The van der Waals surface area contributed by atoms with E-state index in [4.69, 9.17) is 25.7 Å². The summed E-state index contributed by atoms with van der Waals surface area (Å²) in [5.41, 5.74) is 14.3. The third-order valence-corrected chi connectivity index (χ3v) is 7.94. The van der Waals surface area contributed by atoms with E-state index in [0.717, 1.165) is 85.6 Å². The van der Waals surface area contributed by atoms with Gasteiger partial charge in [-0.2, -0.15) is 0 Å². The van der Waals surface area contributed by atoms with Crippen molar-refractivity contribution in [2.24, 2.45) is 0 Å². The number of rotatable bonds is 19. The van der Waals surface area contributed by atoms with Crippen LogP contribution in [0, 0.1) is 0 Å². The van der Waals surface area contributed by atoms with Gasteiger partial charge >= 0.3 is 11.9 Å². The predicted molar refractivity (Wildman–Crippen MR) is 189 cm³/mol. The average molecular weight is 639 g/mol. The van der Waals surface area contributed by atoms with Gasteiger partial charge in [-0.3, -0.25) is 0 Å². The Balaban J connectivity index is 1.11. The molecule has 47 heavy (non-hydrogen) atoms. The number of anilines is 2. The normalized spacial score (nSPS) is 11.2. The number of carbonyl (C=O) groups excluding carboxylic acids is 1. The van der Waals surface area contributed by atoms with E-state index in [1.807, 2.05) is 54.6 Å². The summed E-state index contributed by atoms with van der Waals surface area (Å²) >= 11 is 0. The third kappa shape index (κ3) is 11.4. The Kier molecular flexibility index (Phi) is 13.5. The molecule has 248 valence electrons. The Morgan fingerprint density at radius 3 is 2.00 bits per heavy atom. The van der Waals surface area contributed by atoms with Crippen molar-refractivity contribution < 1.29 is 28.9 Å². The maximum absolute atomic E-state index is 12.4. The number of hydrogen-bond donors (Lipinski definition) is 3. The van der Waals surface area contributed by atoms with E-state index in [-0.39, 0.29) is 5.56 Å². The minimum atomic E-state index is -0.999. The molecule has 0 atom stereocenters. The van der Waals surface area contributed by atoms with E-state index in [9.17, 15) is 14.7 Å². The number of esters is 1. The molecule has 0 saturated heterocycles. The summed E-state index contributed by atoms with van der Waals surface area (Å²) in [5.74, 6) is 0.676. The lowest BCUT2D eigenvalue weighted by atomic mass is 9.98. The molecular formula is C39H46N2O6. The zero-order valence-corrected chi connectivity index (χ0v) is 27.2. The first-order chi connectivity index (χ1) is 22.8. The average Bonchev–Trinajstić information content (AvgIpc) is 3.06. The van der Waals surface area contributed by atoms with Crippen molar-refractivity contribution in [1.29, 1.82) is 0 Å². The zero-order chi connectivity index (χ0) is 33.4. The summed E-state index contributed by atoms with van der Waals surface area (Å²) in [5, 5.41) is 11.4. The molecule has 0 radical (unpaired) electrons. The third-order valence-electron chi connectivity index (χ3n) is 7.94. The van der Waals surface area contributed by atoms with E-state index in [1.165, 1.54) is 12.1 Å². The largest absolute Gasteiger partial charge is 0.494 e. The van der Waals surface area contributed by atoms with E-state index in [2.05, 4.69) is 6.92 Å². The van der Waals surface area contributed by atoms with Gasteiger partial charge in [-0.25, -0.2) is 9.59 Å². The maximum atomic E-state index is 12.4. The summed E-state index contributed by atoms with van der Waals surface area (Å²) in [4.78, 5) is 24.0. The number of ether oxygens (including phenoxy) is 3. The quantitative estimate of drug-likeness (QED) is 0.0305. The fourth-order valence-corrected chi connectivity index (χ4v) is 5.38. The van der Waals surface area contributed by atoms with Gasteiger partial charge in [0.15, 0.2) is 0 Å². The number of carboxylic acids is 1. The van der Waals surface area contributed by atoms with Gasteiger partial charge in [-0.15, -0.1) is 0 Å². The fraction of sp³-hybridized carbons (Fsp3) is 0.333. The summed E-state index contributed by atoms with van der Waals surface area (Å²) < 4.78 is 17.2. The van der Waals surface area contributed by atoms with Crippen LogP contribution in [0.25, 0.3) is 16.8 Å². The molecule has 0 saturated carbocycles. The molecule has 0 unspecified atom stereocenters. The van der Waals surface area contributed by atoms with Crippen LogP contribution in [0.3, 0.4) is 0 Å². The minimum Gasteiger partial charge on any atom is -0.494 e. The summed E-state index contributed by atoms with van der Waals surface area (Å²) in [6.07, 6.45) is 13.2. The highest BCUT2D eigenvalue weighted by molar-refractivity contribution is 5.93. The Labute approximate surface area is 277 Å². The molecule has 4 aromatic rings. The van der Waals surface area contributed by atoms with Crippen molar-refractivity contribution in [3.05, 3.63) is 95.6 Å². The molecule has 0 aliphatic heterocycles. The van der Waals surface area contributed by atoms with Crippen molar-refractivity contribution >= 4 is 40.2 Å². The predicted octanol–water partition coefficient (Wildman–Crippen LogP) is 8.85. The van der Waals surface area contributed by atoms with Crippen LogP contribution in [-0.4, -0.2) is 30.3 Å². The number of aromatic carboxylic acids is 1. The Hall–Kier alpha value is -4.98. The van der Waals surface area contributed by atoms with Crippen LogP contribution in [-0.2, 0) is 11.2 Å². The molecule has 0 bridgehead atoms. The first-order valence-electron chi connectivity index (χ1n) is 16.5. The van der Waals surface area contributed by atoms with Gasteiger partial charge in [0, 0.05) is 17.5 Å². The van der Waals surface area contributed by atoms with Crippen LogP contribution in [0.4, 0.5) is 11.4 Å². The Morgan fingerprint density at radius 1 is 0.702 bits per heavy atom. The van der Waals surface area contributed by atoms with E-state index in [0.29, 0.717) is 42.3 Å². The second-order valence-electron chi connectivity index (χ2n) is 11.7. The number of benzene rings is 4. The Bertz CT molecular complexity index is 1650. The van der Waals surface area contributed by atoms with Crippen LogP contribution in [0.1, 0.15) is 86.2 Å². The summed E-state index contributed by atoms with van der Waals surface area (Å²) in [6.45, 7) is 3.51.